The minimum Gasteiger partial charge on any atom is -0.495 e. The van der Waals surface area contributed by atoms with Crippen LogP contribution in [0.15, 0.2) is 37.1 Å². The predicted octanol–water partition coefficient (Wildman–Crippen LogP) is 3.04. The molecule has 1 atom stereocenters. The number of hydrogen-bond acceptors (Lipinski definition) is 9. The summed E-state index contributed by atoms with van der Waals surface area (Å²) in [4.78, 5) is 41.9. The van der Waals surface area contributed by atoms with Crippen molar-refractivity contribution in [3.63, 3.8) is 0 Å². The fourth-order valence-corrected chi connectivity index (χ4v) is 5.72. The van der Waals surface area contributed by atoms with Crippen LogP contribution in [0.3, 0.4) is 0 Å². The van der Waals surface area contributed by atoms with Crippen LogP contribution in [0.2, 0.25) is 0 Å². The zero-order chi connectivity index (χ0) is 28.4. The van der Waals surface area contributed by atoms with Crippen LogP contribution >= 0.6 is 0 Å². The molecule has 11 nitrogen and oxygen atoms in total. The van der Waals surface area contributed by atoms with Gasteiger partial charge in [-0.1, -0.05) is 18.9 Å². The number of likely N-dealkylation sites (N-methyl/N-ethyl adjacent to an activating group) is 1. The Balaban J connectivity index is 1.40. The van der Waals surface area contributed by atoms with Crippen molar-refractivity contribution >= 4 is 35.0 Å². The maximum atomic E-state index is 13.4. The minimum atomic E-state index is -0.741. The number of amides is 2. The largest absolute Gasteiger partial charge is 0.495 e. The molecule has 1 saturated heterocycles. The second-order valence-corrected chi connectivity index (χ2v) is 11.2. The van der Waals surface area contributed by atoms with E-state index in [1.807, 2.05) is 11.9 Å². The Morgan fingerprint density at radius 1 is 1.18 bits per heavy atom. The van der Waals surface area contributed by atoms with Crippen molar-refractivity contribution in [1.82, 2.24) is 25.3 Å². The van der Waals surface area contributed by atoms with Crippen molar-refractivity contribution < 1.29 is 14.3 Å². The summed E-state index contributed by atoms with van der Waals surface area (Å²) in [6.45, 7) is 9.79. The van der Waals surface area contributed by atoms with Gasteiger partial charge < -0.3 is 24.8 Å². The molecule has 0 spiro atoms. The third-order valence-corrected chi connectivity index (χ3v) is 8.36. The number of aromatic nitrogens is 2. The fourth-order valence-electron chi connectivity index (χ4n) is 5.72. The Morgan fingerprint density at radius 2 is 1.90 bits per heavy atom. The molecule has 0 bridgehead atoms. The molecule has 214 valence electrons. The molecule has 1 aromatic carbocycles. The van der Waals surface area contributed by atoms with Crippen LogP contribution in [0.1, 0.15) is 43.0 Å². The van der Waals surface area contributed by atoms with E-state index in [0.29, 0.717) is 41.2 Å². The van der Waals surface area contributed by atoms with Crippen molar-refractivity contribution in [2.75, 3.05) is 69.0 Å². The van der Waals surface area contributed by atoms with E-state index in [-0.39, 0.29) is 11.8 Å². The lowest BCUT2D eigenvalue weighted by Crippen LogP contribution is -2.52. The number of fused-ring (bicyclic) bond motifs is 1. The highest BCUT2D eigenvalue weighted by molar-refractivity contribution is 6.02. The molecular formula is C29H40N8O3. The normalized spacial score (nSPS) is 22.6. The summed E-state index contributed by atoms with van der Waals surface area (Å²) in [7, 11) is 5.41. The number of piperazine rings is 1. The van der Waals surface area contributed by atoms with Gasteiger partial charge in [0.15, 0.2) is 5.82 Å². The second-order valence-electron chi connectivity index (χ2n) is 11.2. The molecule has 2 N–H and O–H groups in total. The van der Waals surface area contributed by atoms with E-state index < -0.39 is 5.41 Å². The lowest BCUT2D eigenvalue weighted by molar-refractivity contribution is -0.124. The van der Waals surface area contributed by atoms with Gasteiger partial charge in [-0.25, -0.2) is 9.99 Å². The van der Waals surface area contributed by atoms with Crippen LogP contribution in [-0.2, 0) is 4.79 Å². The summed E-state index contributed by atoms with van der Waals surface area (Å²) in [5.41, 5.74) is 4.06. The van der Waals surface area contributed by atoms with E-state index in [4.69, 9.17) is 9.72 Å². The average Bonchev–Trinajstić information content (AvgIpc) is 3.49. The first-order valence-corrected chi connectivity index (χ1v) is 14.0. The summed E-state index contributed by atoms with van der Waals surface area (Å²) >= 11 is 0. The van der Waals surface area contributed by atoms with Gasteiger partial charge in [-0.15, -0.1) is 6.58 Å². The number of methoxy groups -OCH3 is 1. The zero-order valence-corrected chi connectivity index (χ0v) is 23.9. The molecule has 2 fully saturated rings. The molecule has 0 radical (unpaired) electrons. The number of nitrogens with zero attached hydrogens (tertiary/aromatic N) is 6. The van der Waals surface area contributed by atoms with Gasteiger partial charge in [0.05, 0.1) is 24.4 Å². The molecule has 3 aliphatic rings. The number of benzene rings is 1. The van der Waals surface area contributed by atoms with Crippen molar-refractivity contribution in [1.29, 1.82) is 0 Å². The molecule has 5 rings (SSSR count). The Bertz CT molecular complexity index is 1270. The van der Waals surface area contributed by atoms with Gasteiger partial charge >= 0.3 is 0 Å². The second kappa shape index (κ2) is 11.4. The Morgan fingerprint density at radius 3 is 2.58 bits per heavy atom. The first-order valence-electron chi connectivity index (χ1n) is 14.0. The summed E-state index contributed by atoms with van der Waals surface area (Å²) in [5, 5.41) is 5.22. The monoisotopic (exact) mass is 548 g/mol. The van der Waals surface area contributed by atoms with E-state index in [9.17, 15) is 9.59 Å². The lowest BCUT2D eigenvalue weighted by Gasteiger charge is -2.34. The van der Waals surface area contributed by atoms with Crippen LogP contribution < -0.4 is 25.3 Å². The summed E-state index contributed by atoms with van der Waals surface area (Å²) in [6, 6.07) is 5.57. The standard InChI is InChI=1S/C29H40N8O3/c1-6-29(2)19-37(21-9-7-8-10-21)25-23(35(4)27(29)39)18-30-28(32-25)31-22-12-11-20(17-24(22)40-5)26(38)33-36-15-13-34(3)14-16-36/h6,11-12,17-18,21H,1,7-10,13-16,19H2,2-5H3,(H,33,38)(H,30,31,32). The smallest absolute Gasteiger partial charge is 0.265 e. The van der Waals surface area contributed by atoms with Crippen molar-refractivity contribution in [2.24, 2.45) is 5.41 Å². The number of carbonyl (C=O) groups excluding carboxylic acids is 2. The number of carbonyl (C=O) groups is 2. The van der Waals surface area contributed by atoms with Crippen LogP contribution in [0.5, 0.6) is 5.75 Å². The van der Waals surface area contributed by atoms with Gasteiger partial charge in [-0.2, -0.15) is 4.98 Å². The first-order chi connectivity index (χ1) is 19.2. The van der Waals surface area contributed by atoms with E-state index >= 15 is 0 Å². The predicted molar refractivity (Wildman–Crippen MR) is 156 cm³/mol. The number of anilines is 4. The molecular weight excluding hydrogens is 508 g/mol. The van der Waals surface area contributed by atoms with Gasteiger partial charge in [0.25, 0.3) is 5.91 Å². The number of nitrogens with one attached hydrogen (secondary N) is 2. The summed E-state index contributed by atoms with van der Waals surface area (Å²) in [6.07, 6.45) is 7.88. The highest BCUT2D eigenvalue weighted by atomic mass is 16.5. The average molecular weight is 549 g/mol. The Hall–Kier alpha value is -3.70. The topological polar surface area (TPSA) is 106 Å². The van der Waals surface area contributed by atoms with E-state index in [1.165, 1.54) is 0 Å². The highest BCUT2D eigenvalue weighted by Gasteiger charge is 2.42. The molecule has 2 aromatic rings. The molecule has 40 heavy (non-hydrogen) atoms. The number of ether oxygens (including phenoxy) is 1. The molecule has 1 saturated carbocycles. The zero-order valence-electron chi connectivity index (χ0n) is 23.9. The van der Waals surface area contributed by atoms with E-state index in [2.05, 4.69) is 39.2 Å². The van der Waals surface area contributed by atoms with Crippen molar-refractivity contribution in [2.45, 2.75) is 38.6 Å². The van der Waals surface area contributed by atoms with Crippen LogP contribution in [-0.4, -0.2) is 91.7 Å². The van der Waals surface area contributed by atoms with Gasteiger partial charge in [-0.05, 0) is 45.0 Å². The van der Waals surface area contributed by atoms with Gasteiger partial charge in [0.1, 0.15) is 11.4 Å². The SMILES string of the molecule is C=CC1(C)CN(C2CCCC2)c2nc(Nc3ccc(C(=O)NN4CCN(C)CC4)cc3OC)ncc2N(C)C1=O. The van der Waals surface area contributed by atoms with Crippen LogP contribution in [0.25, 0.3) is 0 Å². The van der Waals surface area contributed by atoms with Gasteiger partial charge in [-0.3, -0.25) is 15.0 Å². The molecule has 1 aromatic heterocycles. The van der Waals surface area contributed by atoms with Gasteiger partial charge in [0, 0.05) is 51.4 Å². The maximum Gasteiger partial charge on any atom is 0.265 e. The van der Waals surface area contributed by atoms with Crippen LogP contribution in [0, 0.1) is 5.41 Å². The first kappa shape index (κ1) is 27.9. The van der Waals surface area contributed by atoms with E-state index in [1.54, 1.807) is 49.5 Å². The number of hydrogen-bond donors (Lipinski definition) is 2. The molecule has 3 heterocycles. The van der Waals surface area contributed by atoms with E-state index in [0.717, 1.165) is 57.7 Å². The Labute approximate surface area is 236 Å². The molecule has 1 aliphatic carbocycles. The molecule has 2 aliphatic heterocycles. The minimum absolute atomic E-state index is 0.0272. The highest BCUT2D eigenvalue weighted by Crippen LogP contribution is 2.41. The fraction of sp³-hybridized carbons (Fsp3) is 0.517. The molecule has 1 unspecified atom stereocenters. The number of rotatable bonds is 7. The lowest BCUT2D eigenvalue weighted by atomic mass is 9.88. The molecule has 2 amide bonds. The van der Waals surface area contributed by atoms with Crippen molar-refractivity contribution in [3.05, 3.63) is 42.6 Å². The number of hydrazine groups is 1. The summed E-state index contributed by atoms with van der Waals surface area (Å²) in [5.74, 6) is 1.41. The third kappa shape index (κ3) is 5.48. The molecule has 11 heteroatoms. The quantitative estimate of drug-likeness (QED) is 0.505. The maximum absolute atomic E-state index is 13.4. The Kier molecular flexibility index (Phi) is 7.95. The summed E-state index contributed by atoms with van der Waals surface area (Å²) < 4.78 is 5.63. The third-order valence-electron chi connectivity index (χ3n) is 8.36. The van der Waals surface area contributed by atoms with Gasteiger partial charge in [0.2, 0.25) is 11.9 Å². The van der Waals surface area contributed by atoms with Crippen molar-refractivity contribution in [3.8, 4) is 5.75 Å². The van der Waals surface area contributed by atoms with Crippen LogP contribution in [0.4, 0.5) is 23.1 Å².